The number of rotatable bonds is 8. The van der Waals surface area contributed by atoms with Gasteiger partial charge in [-0.1, -0.05) is 36.0 Å². The number of esters is 1. The fourth-order valence-electron chi connectivity index (χ4n) is 4.42. The minimum atomic E-state index is -0.726. The van der Waals surface area contributed by atoms with E-state index in [0.717, 1.165) is 5.56 Å². The quantitative estimate of drug-likeness (QED) is 0.434. The number of benzene rings is 2. The number of hydrogen-bond donors (Lipinski definition) is 1. The smallest absolute Gasteiger partial charge is 0.338 e. The second kappa shape index (κ2) is 11.5. The Morgan fingerprint density at radius 2 is 1.82 bits per heavy atom. The normalized spacial score (nSPS) is 16.8. The highest BCUT2D eigenvalue weighted by Gasteiger charge is 2.43. The second-order valence-corrected chi connectivity index (χ2v) is 10.9. The highest BCUT2D eigenvalue weighted by Crippen LogP contribution is 2.48. The number of halogens is 1. The zero-order valence-corrected chi connectivity index (χ0v) is 23.6. The van der Waals surface area contributed by atoms with E-state index in [1.165, 1.54) is 23.9 Å². The summed E-state index contributed by atoms with van der Waals surface area (Å²) in [4.78, 5) is 33.2. The van der Waals surface area contributed by atoms with Crippen molar-refractivity contribution in [2.45, 2.75) is 52.3 Å². The van der Waals surface area contributed by atoms with Crippen LogP contribution in [0.4, 0.5) is 4.39 Å². The molecule has 0 aromatic heterocycles. The molecule has 1 amide bonds. The molecule has 1 N–H and O–H groups in total. The number of allylic oxidation sites excluding steroid dienone is 1. The van der Waals surface area contributed by atoms with Gasteiger partial charge in [-0.05, 0) is 56.9 Å². The molecule has 8 nitrogen and oxygen atoms in total. The van der Waals surface area contributed by atoms with Crippen molar-refractivity contribution in [3.63, 3.8) is 0 Å². The molecule has 0 spiro atoms. The zero-order valence-electron chi connectivity index (χ0n) is 22.8. The molecule has 2 aromatic rings. The van der Waals surface area contributed by atoms with Gasteiger partial charge in [-0.25, -0.2) is 14.2 Å². The summed E-state index contributed by atoms with van der Waals surface area (Å²) in [6.45, 7) is 7.46. The lowest BCUT2D eigenvalue weighted by Crippen LogP contribution is -2.39. The molecule has 0 aliphatic carbocycles. The molecule has 0 bridgehead atoms. The van der Waals surface area contributed by atoms with Gasteiger partial charge < -0.3 is 24.4 Å². The number of nitrogens with zero attached hydrogens (tertiary/aromatic N) is 2. The Hall–Kier alpha value is -3.79. The highest BCUT2D eigenvalue weighted by molar-refractivity contribution is 8.16. The van der Waals surface area contributed by atoms with Crippen LogP contribution >= 0.6 is 11.8 Å². The van der Waals surface area contributed by atoms with Crippen molar-refractivity contribution < 1.29 is 28.2 Å². The van der Waals surface area contributed by atoms with E-state index >= 15 is 0 Å². The van der Waals surface area contributed by atoms with Crippen molar-refractivity contribution in [2.24, 2.45) is 4.99 Å². The van der Waals surface area contributed by atoms with E-state index in [0.29, 0.717) is 39.2 Å². The summed E-state index contributed by atoms with van der Waals surface area (Å²) in [6, 6.07) is 10.8. The topological polar surface area (TPSA) is 89.5 Å². The van der Waals surface area contributed by atoms with Crippen LogP contribution in [0.15, 0.2) is 69.8 Å². The maximum atomic E-state index is 13.6. The molecule has 10 heteroatoms. The van der Waals surface area contributed by atoms with E-state index in [9.17, 15) is 14.0 Å². The van der Waals surface area contributed by atoms with Gasteiger partial charge in [0.1, 0.15) is 11.4 Å². The van der Waals surface area contributed by atoms with Crippen LogP contribution in [0.25, 0.3) is 0 Å². The van der Waals surface area contributed by atoms with Crippen LogP contribution < -0.4 is 14.8 Å². The largest absolute Gasteiger partial charge is 0.493 e. The van der Waals surface area contributed by atoms with Crippen LogP contribution in [-0.2, 0) is 20.9 Å². The van der Waals surface area contributed by atoms with Crippen molar-refractivity contribution >= 4 is 28.8 Å². The summed E-state index contributed by atoms with van der Waals surface area (Å²) in [5, 5.41) is 5.38. The number of hydrogen-bond acceptors (Lipinski definition) is 8. The summed E-state index contributed by atoms with van der Waals surface area (Å²) in [7, 11) is 3.09. The number of para-hydroxylation sites is 1. The van der Waals surface area contributed by atoms with Gasteiger partial charge in [0.05, 0.1) is 38.0 Å². The van der Waals surface area contributed by atoms with Gasteiger partial charge >= 0.3 is 5.97 Å². The van der Waals surface area contributed by atoms with Gasteiger partial charge in [-0.2, -0.15) is 0 Å². The maximum Gasteiger partial charge on any atom is 0.338 e. The highest BCUT2D eigenvalue weighted by atomic mass is 32.2. The van der Waals surface area contributed by atoms with E-state index in [2.05, 4.69) is 5.32 Å². The van der Waals surface area contributed by atoms with E-state index in [4.69, 9.17) is 19.2 Å². The van der Waals surface area contributed by atoms with E-state index in [1.54, 1.807) is 39.3 Å². The summed E-state index contributed by atoms with van der Waals surface area (Å²) in [5.74, 6) is -0.0892. The molecule has 0 saturated heterocycles. The van der Waals surface area contributed by atoms with Gasteiger partial charge in [0, 0.05) is 17.8 Å². The Kier molecular flexibility index (Phi) is 8.34. The molecule has 0 radical (unpaired) electrons. The SMILES string of the molecule is COc1cccc([C@@H]2C(C(=O)OC(C)(C)C)=C(C)N=C3SC=C(CC(=O)NCc4ccc(F)cc4)N32)c1OC. The van der Waals surface area contributed by atoms with Crippen LogP contribution in [0.3, 0.4) is 0 Å². The molecule has 1 atom stereocenters. The van der Waals surface area contributed by atoms with Gasteiger partial charge in [-0.3, -0.25) is 4.79 Å². The average molecular weight is 554 g/mol. The summed E-state index contributed by atoms with van der Waals surface area (Å²) < 4.78 is 30.3. The molecule has 0 fully saturated rings. The maximum absolute atomic E-state index is 13.6. The first-order valence-electron chi connectivity index (χ1n) is 12.4. The third kappa shape index (κ3) is 6.27. The lowest BCUT2D eigenvalue weighted by molar-refractivity contribution is -0.150. The van der Waals surface area contributed by atoms with Crippen LogP contribution in [0.5, 0.6) is 11.5 Å². The van der Waals surface area contributed by atoms with Crippen LogP contribution in [0.2, 0.25) is 0 Å². The number of carbonyl (C=O) groups is 2. The summed E-state index contributed by atoms with van der Waals surface area (Å²) >= 11 is 1.38. The Balaban J connectivity index is 1.69. The molecule has 2 aromatic carbocycles. The molecule has 2 aliphatic heterocycles. The van der Waals surface area contributed by atoms with Crippen molar-refractivity contribution in [1.29, 1.82) is 0 Å². The van der Waals surface area contributed by atoms with E-state index in [1.807, 2.05) is 43.2 Å². The van der Waals surface area contributed by atoms with Crippen molar-refractivity contribution in [2.75, 3.05) is 14.2 Å². The number of thioether (sulfide) groups is 1. The van der Waals surface area contributed by atoms with E-state index in [-0.39, 0.29) is 24.7 Å². The number of nitrogens with one attached hydrogen (secondary N) is 1. The molecular weight excluding hydrogens is 521 g/mol. The lowest BCUT2D eigenvalue weighted by atomic mass is 9.92. The number of amides is 1. The third-order valence-corrected chi connectivity index (χ3v) is 6.98. The number of fused-ring (bicyclic) bond motifs is 1. The van der Waals surface area contributed by atoms with Gasteiger partial charge in [-0.15, -0.1) is 0 Å². The minimum absolute atomic E-state index is 0.0383. The molecule has 0 unspecified atom stereocenters. The average Bonchev–Trinajstić information content (AvgIpc) is 3.27. The standard InChI is InChI=1S/C29H32FN3O5S/c1-17-24(27(35)38-29(2,3)4)25(21-8-7-9-22(36-5)26(21)37-6)33-20(16-39-28(33)32-17)14-23(34)31-15-18-10-12-19(30)13-11-18/h7-13,16,25H,14-15H2,1-6H3,(H,31,34)/t25-/m1/s1. The molecule has 4 rings (SSSR count). The van der Waals surface area contributed by atoms with Gasteiger partial charge in [0.15, 0.2) is 16.7 Å². The van der Waals surface area contributed by atoms with Crippen molar-refractivity contribution in [1.82, 2.24) is 10.2 Å². The number of aliphatic imine (C=N–C) groups is 1. The monoisotopic (exact) mass is 553 g/mol. The Morgan fingerprint density at radius 1 is 1.10 bits per heavy atom. The molecular formula is C29H32FN3O5S. The van der Waals surface area contributed by atoms with Crippen molar-refractivity contribution in [3.8, 4) is 11.5 Å². The summed E-state index contributed by atoms with van der Waals surface area (Å²) in [6.07, 6.45) is 0.0383. The Labute approximate surface area is 231 Å². The molecule has 206 valence electrons. The minimum Gasteiger partial charge on any atom is -0.493 e. The van der Waals surface area contributed by atoms with Crippen molar-refractivity contribution in [3.05, 3.63) is 81.8 Å². The first-order valence-corrected chi connectivity index (χ1v) is 13.3. The molecule has 0 saturated carbocycles. The van der Waals surface area contributed by atoms with Gasteiger partial charge in [0.25, 0.3) is 0 Å². The summed E-state index contributed by atoms with van der Waals surface area (Å²) in [5.41, 5.74) is 2.26. The van der Waals surface area contributed by atoms with Crippen LogP contribution in [0.1, 0.15) is 51.3 Å². The Bertz CT molecular complexity index is 1360. The lowest BCUT2D eigenvalue weighted by Gasteiger charge is -2.37. The molecule has 2 heterocycles. The number of amidine groups is 1. The number of carbonyl (C=O) groups excluding carboxylic acids is 2. The fourth-order valence-corrected chi connectivity index (χ4v) is 5.38. The van der Waals surface area contributed by atoms with Gasteiger partial charge in [0.2, 0.25) is 5.91 Å². The number of methoxy groups -OCH3 is 2. The zero-order chi connectivity index (χ0) is 28.3. The van der Waals surface area contributed by atoms with E-state index < -0.39 is 17.6 Å². The predicted molar refractivity (Wildman–Crippen MR) is 149 cm³/mol. The molecule has 39 heavy (non-hydrogen) atoms. The van der Waals surface area contributed by atoms with Crippen LogP contribution in [0, 0.1) is 5.82 Å². The Morgan fingerprint density at radius 3 is 2.46 bits per heavy atom. The third-order valence-electron chi connectivity index (χ3n) is 6.09. The second-order valence-electron chi connectivity index (χ2n) is 10.1. The number of ether oxygens (including phenoxy) is 3. The predicted octanol–water partition coefficient (Wildman–Crippen LogP) is 5.47. The first kappa shape index (κ1) is 28.2. The molecule has 2 aliphatic rings. The fraction of sp³-hybridized carbons (Fsp3) is 0.345. The first-order chi connectivity index (χ1) is 18.5. The van der Waals surface area contributed by atoms with Crippen LogP contribution in [-0.4, -0.2) is 41.8 Å².